The Balaban J connectivity index is 1.33. The highest BCUT2D eigenvalue weighted by molar-refractivity contribution is 6.08. The Hall–Kier alpha value is -4.59. The molecule has 2 heterocycles. The van der Waals surface area contributed by atoms with Crippen LogP contribution in [-0.2, 0) is 9.53 Å². The largest absolute Gasteiger partial charge is 0.495 e. The molecule has 8 heteroatoms. The van der Waals surface area contributed by atoms with Crippen LogP contribution >= 0.6 is 0 Å². The summed E-state index contributed by atoms with van der Waals surface area (Å²) in [6.07, 6.45) is -1.10. The molecule has 3 aromatic carbocycles. The number of anilines is 1. The molecule has 0 aliphatic heterocycles. The first-order valence-corrected chi connectivity index (χ1v) is 11.0. The Kier molecular flexibility index (Phi) is 5.70. The van der Waals surface area contributed by atoms with E-state index in [1.807, 2.05) is 54.6 Å². The number of amides is 1. The summed E-state index contributed by atoms with van der Waals surface area (Å²) < 4.78 is 22.4. The number of esters is 1. The highest BCUT2D eigenvalue weighted by Crippen LogP contribution is 2.36. The van der Waals surface area contributed by atoms with Crippen LogP contribution in [-0.4, -0.2) is 30.1 Å². The van der Waals surface area contributed by atoms with E-state index < -0.39 is 18.0 Å². The molecule has 0 saturated heterocycles. The number of carbonyl (C=O) groups is 2. The molecule has 1 unspecified atom stereocenters. The lowest BCUT2D eigenvalue weighted by molar-refractivity contribution is -0.123. The number of fused-ring (bicyclic) bond motifs is 3. The molecule has 8 nitrogen and oxygen atoms in total. The number of furan rings is 1. The third-order valence-electron chi connectivity index (χ3n) is 5.62. The van der Waals surface area contributed by atoms with Crippen molar-refractivity contribution in [2.75, 3.05) is 12.4 Å². The molecule has 0 radical (unpaired) electrons. The van der Waals surface area contributed by atoms with E-state index in [0.29, 0.717) is 28.7 Å². The summed E-state index contributed by atoms with van der Waals surface area (Å²) in [5.41, 5.74) is 2.47. The number of oxazole rings is 1. The van der Waals surface area contributed by atoms with Crippen LogP contribution in [0.3, 0.4) is 0 Å². The Morgan fingerprint density at radius 3 is 2.46 bits per heavy atom. The lowest BCUT2D eigenvalue weighted by Crippen LogP contribution is -2.30. The predicted molar refractivity (Wildman–Crippen MR) is 130 cm³/mol. The zero-order valence-electron chi connectivity index (χ0n) is 19.3. The highest BCUT2D eigenvalue weighted by atomic mass is 16.5. The van der Waals surface area contributed by atoms with Gasteiger partial charge in [-0.1, -0.05) is 36.4 Å². The third-order valence-corrected chi connectivity index (χ3v) is 5.62. The molecule has 0 saturated carbocycles. The highest BCUT2D eigenvalue weighted by Gasteiger charge is 2.25. The SMILES string of the molecule is COc1cc2c(cc1NC(=O)C(C)OC(=O)c1nc(-c3ccccc3)oc1C)oc1ccccc12. The summed E-state index contributed by atoms with van der Waals surface area (Å²) >= 11 is 0. The van der Waals surface area contributed by atoms with E-state index in [9.17, 15) is 9.59 Å². The van der Waals surface area contributed by atoms with Crippen molar-refractivity contribution in [3.8, 4) is 17.2 Å². The van der Waals surface area contributed by atoms with Crippen molar-refractivity contribution in [2.45, 2.75) is 20.0 Å². The van der Waals surface area contributed by atoms with E-state index in [4.69, 9.17) is 18.3 Å². The number of benzene rings is 3. The van der Waals surface area contributed by atoms with Gasteiger partial charge in [-0.05, 0) is 38.1 Å². The van der Waals surface area contributed by atoms with Crippen LogP contribution in [0.4, 0.5) is 5.69 Å². The summed E-state index contributed by atoms with van der Waals surface area (Å²) in [5.74, 6) is -0.224. The number of hydrogen-bond donors (Lipinski definition) is 1. The van der Waals surface area contributed by atoms with Crippen LogP contribution in [0.5, 0.6) is 5.75 Å². The minimum atomic E-state index is -1.10. The molecule has 0 bridgehead atoms. The smallest absolute Gasteiger partial charge is 0.361 e. The van der Waals surface area contributed by atoms with Gasteiger partial charge in [0.1, 0.15) is 22.7 Å². The Morgan fingerprint density at radius 2 is 1.69 bits per heavy atom. The number of aryl methyl sites for hydroxylation is 1. The van der Waals surface area contributed by atoms with Crippen molar-refractivity contribution in [1.29, 1.82) is 0 Å². The average Bonchev–Trinajstić information content (AvgIpc) is 3.44. The standard InChI is InChI=1S/C27H22N2O6/c1-15-24(29-26(33-15)17-9-5-4-6-10-17)27(31)34-16(2)25(30)28-20-14-22-19(13-23(20)32-3)18-11-7-8-12-21(18)35-22/h4-14,16H,1-3H3,(H,28,30). The van der Waals surface area contributed by atoms with Gasteiger partial charge in [-0.25, -0.2) is 9.78 Å². The van der Waals surface area contributed by atoms with Crippen molar-refractivity contribution in [1.82, 2.24) is 4.98 Å². The summed E-state index contributed by atoms with van der Waals surface area (Å²) in [4.78, 5) is 29.8. The first kappa shape index (κ1) is 22.2. The first-order valence-electron chi connectivity index (χ1n) is 11.0. The van der Waals surface area contributed by atoms with Gasteiger partial charge in [-0.3, -0.25) is 4.79 Å². The molecule has 1 N–H and O–H groups in total. The molecule has 5 rings (SSSR count). The number of methoxy groups -OCH3 is 1. The van der Waals surface area contributed by atoms with Crippen LogP contribution in [0.1, 0.15) is 23.2 Å². The molecule has 5 aromatic rings. The van der Waals surface area contributed by atoms with Gasteiger partial charge in [-0.2, -0.15) is 0 Å². The molecule has 2 aromatic heterocycles. The number of carbonyl (C=O) groups excluding carboxylic acids is 2. The number of ether oxygens (including phenoxy) is 2. The van der Waals surface area contributed by atoms with Gasteiger partial charge in [0.05, 0.1) is 12.8 Å². The summed E-state index contributed by atoms with van der Waals surface area (Å²) in [6.45, 7) is 3.10. The quantitative estimate of drug-likeness (QED) is 0.316. The molecule has 176 valence electrons. The lowest BCUT2D eigenvalue weighted by atomic mass is 10.1. The van der Waals surface area contributed by atoms with Gasteiger partial charge in [-0.15, -0.1) is 0 Å². The Morgan fingerprint density at radius 1 is 0.943 bits per heavy atom. The van der Waals surface area contributed by atoms with Gasteiger partial charge < -0.3 is 23.6 Å². The van der Waals surface area contributed by atoms with Gasteiger partial charge in [0.15, 0.2) is 11.8 Å². The average molecular weight is 470 g/mol. The summed E-state index contributed by atoms with van der Waals surface area (Å²) in [6, 6.07) is 20.3. The van der Waals surface area contributed by atoms with Crippen LogP contribution in [0.25, 0.3) is 33.4 Å². The number of rotatable bonds is 6. The number of nitrogens with zero attached hydrogens (tertiary/aromatic N) is 1. The number of aromatic nitrogens is 1. The fourth-order valence-corrected chi connectivity index (χ4v) is 3.81. The maximum Gasteiger partial charge on any atom is 0.361 e. The number of hydrogen-bond acceptors (Lipinski definition) is 7. The van der Waals surface area contributed by atoms with Crippen molar-refractivity contribution >= 4 is 39.5 Å². The molecule has 0 aliphatic carbocycles. The lowest BCUT2D eigenvalue weighted by Gasteiger charge is -2.15. The third kappa shape index (κ3) is 4.21. The van der Waals surface area contributed by atoms with Crippen LogP contribution in [0, 0.1) is 6.92 Å². The second-order valence-corrected chi connectivity index (χ2v) is 7.97. The number of para-hydroxylation sites is 1. The second kappa shape index (κ2) is 8.98. The topological polar surface area (TPSA) is 104 Å². The normalized spacial score (nSPS) is 12.0. The van der Waals surface area contributed by atoms with E-state index in [1.165, 1.54) is 14.0 Å². The van der Waals surface area contributed by atoms with Crippen molar-refractivity contribution in [2.24, 2.45) is 0 Å². The van der Waals surface area contributed by atoms with Crippen molar-refractivity contribution in [3.63, 3.8) is 0 Å². The van der Waals surface area contributed by atoms with Crippen LogP contribution in [0.15, 0.2) is 75.6 Å². The maximum absolute atomic E-state index is 12.8. The first-order chi connectivity index (χ1) is 16.9. The molecular weight excluding hydrogens is 448 g/mol. The Labute approximate surface area is 200 Å². The minimum absolute atomic E-state index is 0.0183. The van der Waals surface area contributed by atoms with E-state index in [1.54, 1.807) is 19.1 Å². The monoisotopic (exact) mass is 470 g/mol. The summed E-state index contributed by atoms with van der Waals surface area (Å²) in [5, 5.41) is 4.56. The fraction of sp³-hybridized carbons (Fsp3) is 0.148. The molecule has 1 atom stereocenters. The van der Waals surface area contributed by atoms with E-state index in [2.05, 4.69) is 10.3 Å². The summed E-state index contributed by atoms with van der Waals surface area (Å²) in [7, 11) is 1.51. The van der Waals surface area contributed by atoms with Gasteiger partial charge in [0, 0.05) is 22.4 Å². The maximum atomic E-state index is 12.8. The zero-order chi connectivity index (χ0) is 24.5. The Bertz CT molecular complexity index is 1550. The van der Waals surface area contributed by atoms with Crippen molar-refractivity contribution in [3.05, 3.63) is 78.2 Å². The zero-order valence-corrected chi connectivity index (χ0v) is 19.3. The van der Waals surface area contributed by atoms with E-state index in [0.717, 1.165) is 21.9 Å². The molecule has 0 spiro atoms. The molecule has 35 heavy (non-hydrogen) atoms. The molecular formula is C27H22N2O6. The van der Waals surface area contributed by atoms with Gasteiger partial charge in [0.25, 0.3) is 5.91 Å². The fourth-order valence-electron chi connectivity index (χ4n) is 3.81. The minimum Gasteiger partial charge on any atom is -0.495 e. The van der Waals surface area contributed by atoms with Crippen LogP contribution in [0.2, 0.25) is 0 Å². The molecule has 0 aliphatic rings. The second-order valence-electron chi connectivity index (χ2n) is 7.97. The molecule has 1 amide bonds. The van der Waals surface area contributed by atoms with Gasteiger partial charge >= 0.3 is 5.97 Å². The van der Waals surface area contributed by atoms with E-state index in [-0.39, 0.29) is 5.69 Å². The van der Waals surface area contributed by atoms with Gasteiger partial charge in [0.2, 0.25) is 5.89 Å². The predicted octanol–water partition coefficient (Wildman–Crippen LogP) is 5.74. The number of nitrogens with one attached hydrogen (secondary N) is 1. The molecule has 0 fully saturated rings. The van der Waals surface area contributed by atoms with Crippen LogP contribution < -0.4 is 10.1 Å². The van der Waals surface area contributed by atoms with E-state index >= 15 is 0 Å². The van der Waals surface area contributed by atoms with Crippen molar-refractivity contribution < 1.29 is 27.9 Å².